The van der Waals surface area contributed by atoms with Crippen LogP contribution in [0.3, 0.4) is 0 Å². The van der Waals surface area contributed by atoms with E-state index in [4.69, 9.17) is 16.3 Å². The van der Waals surface area contributed by atoms with Gasteiger partial charge in [-0.25, -0.2) is 4.79 Å². The highest BCUT2D eigenvalue weighted by Gasteiger charge is 2.32. The molecule has 1 aromatic rings. The number of methoxy groups -OCH3 is 1. The maximum Gasteiger partial charge on any atom is 0.328 e. The number of ether oxygens (including phenoxy) is 1. The Bertz CT molecular complexity index is 446. The van der Waals surface area contributed by atoms with E-state index in [1.807, 2.05) is 24.3 Å². The van der Waals surface area contributed by atoms with Gasteiger partial charge in [0.05, 0.1) is 7.11 Å². The van der Waals surface area contributed by atoms with Crippen molar-refractivity contribution >= 4 is 23.3 Å². The highest BCUT2D eigenvalue weighted by molar-refractivity contribution is 6.30. The SMILES string of the molecule is COC(=O)C(Nc1ccc(Cl)cc1)C1CCCC(C)C1. The Morgan fingerprint density at radius 3 is 2.65 bits per heavy atom. The third kappa shape index (κ3) is 3.89. The van der Waals surface area contributed by atoms with Crippen LogP contribution in [0.2, 0.25) is 5.02 Å². The molecule has 0 saturated heterocycles. The Balaban J connectivity index is 2.10. The second kappa shape index (κ2) is 6.98. The number of carbonyl (C=O) groups excluding carboxylic acids is 1. The van der Waals surface area contributed by atoms with Gasteiger partial charge < -0.3 is 10.1 Å². The third-order valence-corrected chi connectivity index (χ3v) is 4.32. The number of halogens is 1. The van der Waals surface area contributed by atoms with Crippen LogP contribution in [0, 0.1) is 11.8 Å². The first-order valence-electron chi connectivity index (χ1n) is 7.20. The number of benzene rings is 1. The van der Waals surface area contributed by atoms with Crippen LogP contribution in [0.25, 0.3) is 0 Å². The van der Waals surface area contributed by atoms with Gasteiger partial charge in [0.1, 0.15) is 6.04 Å². The molecule has 1 N–H and O–H groups in total. The van der Waals surface area contributed by atoms with Crippen molar-refractivity contribution in [1.29, 1.82) is 0 Å². The number of esters is 1. The molecule has 1 fully saturated rings. The van der Waals surface area contributed by atoms with Crippen molar-refractivity contribution in [3.8, 4) is 0 Å². The van der Waals surface area contributed by atoms with Crippen molar-refractivity contribution in [3.05, 3.63) is 29.3 Å². The van der Waals surface area contributed by atoms with Crippen molar-refractivity contribution in [2.75, 3.05) is 12.4 Å². The molecular weight excluding hydrogens is 274 g/mol. The van der Waals surface area contributed by atoms with Crippen molar-refractivity contribution in [2.24, 2.45) is 11.8 Å². The Morgan fingerprint density at radius 1 is 1.35 bits per heavy atom. The highest BCUT2D eigenvalue weighted by Crippen LogP contribution is 2.32. The molecule has 1 aromatic carbocycles. The van der Waals surface area contributed by atoms with E-state index in [0.29, 0.717) is 16.9 Å². The first-order chi connectivity index (χ1) is 9.60. The summed E-state index contributed by atoms with van der Waals surface area (Å²) in [5.74, 6) is 0.828. The summed E-state index contributed by atoms with van der Waals surface area (Å²) >= 11 is 5.89. The Labute approximate surface area is 125 Å². The fraction of sp³-hybridized carbons (Fsp3) is 0.562. The van der Waals surface area contributed by atoms with E-state index in [1.165, 1.54) is 20.0 Å². The van der Waals surface area contributed by atoms with Gasteiger partial charge in [-0.1, -0.05) is 31.4 Å². The molecule has 0 bridgehead atoms. The van der Waals surface area contributed by atoms with Crippen LogP contribution < -0.4 is 5.32 Å². The average Bonchev–Trinajstić information content (AvgIpc) is 2.46. The number of hydrogen-bond acceptors (Lipinski definition) is 3. The number of anilines is 1. The van der Waals surface area contributed by atoms with E-state index in [-0.39, 0.29) is 12.0 Å². The lowest BCUT2D eigenvalue weighted by atomic mass is 9.78. The predicted octanol–water partition coefficient (Wildman–Crippen LogP) is 4.12. The average molecular weight is 296 g/mol. The standard InChI is InChI=1S/C16H22ClNO2/c1-11-4-3-5-12(10-11)15(16(19)20-2)18-14-8-6-13(17)7-9-14/h6-9,11-12,15,18H,3-5,10H2,1-2H3. The third-order valence-electron chi connectivity index (χ3n) is 4.07. The normalized spacial score (nSPS) is 23.9. The lowest BCUT2D eigenvalue weighted by molar-refractivity contribution is -0.143. The van der Waals surface area contributed by atoms with Crippen molar-refractivity contribution in [2.45, 2.75) is 38.6 Å². The lowest BCUT2D eigenvalue weighted by Gasteiger charge is -2.32. The molecule has 3 nitrogen and oxygen atoms in total. The van der Waals surface area contributed by atoms with E-state index in [9.17, 15) is 4.79 Å². The molecule has 0 spiro atoms. The molecule has 0 radical (unpaired) electrons. The van der Waals surface area contributed by atoms with E-state index in [2.05, 4.69) is 12.2 Å². The summed E-state index contributed by atoms with van der Waals surface area (Å²) in [7, 11) is 1.45. The minimum atomic E-state index is -0.274. The van der Waals surface area contributed by atoms with Crippen LogP contribution in [-0.2, 0) is 9.53 Å². The Hall–Kier alpha value is -1.22. The molecule has 3 unspecified atom stereocenters. The van der Waals surface area contributed by atoms with Gasteiger partial charge in [-0.15, -0.1) is 0 Å². The predicted molar refractivity (Wildman–Crippen MR) is 82.0 cm³/mol. The van der Waals surface area contributed by atoms with Crippen molar-refractivity contribution in [1.82, 2.24) is 0 Å². The van der Waals surface area contributed by atoms with Crippen LogP contribution in [0.5, 0.6) is 0 Å². The van der Waals surface area contributed by atoms with Crippen LogP contribution in [0.4, 0.5) is 5.69 Å². The molecule has 1 aliphatic rings. The van der Waals surface area contributed by atoms with Gasteiger partial charge in [0, 0.05) is 10.7 Å². The van der Waals surface area contributed by atoms with Crippen LogP contribution in [0.15, 0.2) is 24.3 Å². The van der Waals surface area contributed by atoms with Crippen LogP contribution >= 0.6 is 11.6 Å². The van der Waals surface area contributed by atoms with E-state index in [1.54, 1.807) is 0 Å². The van der Waals surface area contributed by atoms with Crippen molar-refractivity contribution < 1.29 is 9.53 Å². The zero-order valence-corrected chi connectivity index (χ0v) is 12.8. The summed E-state index contributed by atoms with van der Waals surface area (Å²) in [6.07, 6.45) is 4.58. The number of carbonyl (C=O) groups is 1. The smallest absolute Gasteiger partial charge is 0.328 e. The highest BCUT2D eigenvalue weighted by atomic mass is 35.5. The molecule has 3 atom stereocenters. The van der Waals surface area contributed by atoms with E-state index in [0.717, 1.165) is 18.5 Å². The van der Waals surface area contributed by atoms with Gasteiger partial charge in [0.2, 0.25) is 0 Å². The molecule has 0 aliphatic heterocycles. The zero-order chi connectivity index (χ0) is 14.5. The van der Waals surface area contributed by atoms with Gasteiger partial charge in [-0.05, 0) is 48.9 Å². The maximum atomic E-state index is 12.1. The summed E-state index contributed by atoms with van der Waals surface area (Å²) in [6, 6.07) is 7.15. The lowest BCUT2D eigenvalue weighted by Crippen LogP contribution is -2.40. The minimum Gasteiger partial charge on any atom is -0.467 e. The maximum absolute atomic E-state index is 12.1. The number of nitrogens with one attached hydrogen (secondary N) is 1. The van der Waals surface area contributed by atoms with Crippen molar-refractivity contribution in [3.63, 3.8) is 0 Å². The molecule has 0 aromatic heterocycles. The monoisotopic (exact) mass is 295 g/mol. The molecular formula is C16H22ClNO2. The Kier molecular flexibility index (Phi) is 5.30. The second-order valence-corrected chi connectivity index (χ2v) is 6.12. The van der Waals surface area contributed by atoms with Gasteiger partial charge in [0.25, 0.3) is 0 Å². The largest absolute Gasteiger partial charge is 0.467 e. The molecule has 0 amide bonds. The van der Waals surface area contributed by atoms with Crippen LogP contribution in [-0.4, -0.2) is 19.1 Å². The molecule has 2 rings (SSSR count). The number of hydrogen-bond donors (Lipinski definition) is 1. The summed E-state index contributed by atoms with van der Waals surface area (Å²) in [4.78, 5) is 12.1. The molecule has 4 heteroatoms. The molecule has 1 aliphatic carbocycles. The Morgan fingerprint density at radius 2 is 2.05 bits per heavy atom. The molecule has 110 valence electrons. The van der Waals surface area contributed by atoms with Gasteiger partial charge >= 0.3 is 5.97 Å². The summed E-state index contributed by atoms with van der Waals surface area (Å²) in [5.41, 5.74) is 0.906. The molecule has 1 saturated carbocycles. The first-order valence-corrected chi connectivity index (χ1v) is 7.58. The summed E-state index contributed by atoms with van der Waals surface area (Å²) in [6.45, 7) is 2.25. The number of rotatable bonds is 4. The second-order valence-electron chi connectivity index (χ2n) is 5.68. The van der Waals surface area contributed by atoms with E-state index >= 15 is 0 Å². The summed E-state index contributed by atoms with van der Waals surface area (Å²) in [5, 5.41) is 4.01. The fourth-order valence-electron chi connectivity index (χ4n) is 3.01. The topological polar surface area (TPSA) is 38.3 Å². The minimum absolute atomic E-state index is 0.181. The van der Waals surface area contributed by atoms with Crippen LogP contribution in [0.1, 0.15) is 32.6 Å². The van der Waals surface area contributed by atoms with Gasteiger partial charge in [-0.3, -0.25) is 0 Å². The molecule has 20 heavy (non-hydrogen) atoms. The fourth-order valence-corrected chi connectivity index (χ4v) is 3.13. The zero-order valence-electron chi connectivity index (χ0n) is 12.1. The van der Waals surface area contributed by atoms with Gasteiger partial charge in [0.15, 0.2) is 0 Å². The quantitative estimate of drug-likeness (QED) is 0.849. The molecule has 0 heterocycles. The van der Waals surface area contributed by atoms with Gasteiger partial charge in [-0.2, -0.15) is 0 Å². The van der Waals surface area contributed by atoms with E-state index < -0.39 is 0 Å². The first kappa shape index (κ1) is 15.2. The summed E-state index contributed by atoms with van der Waals surface area (Å²) < 4.78 is 4.97.